The molecule has 2 heteroatoms. The maximum absolute atomic E-state index is 10.9. The molecule has 0 aromatic heterocycles. The van der Waals surface area contributed by atoms with Gasteiger partial charge >= 0.3 is 5.97 Å². The third-order valence-electron chi connectivity index (χ3n) is 2.33. The Balaban J connectivity index is 3.73. The van der Waals surface area contributed by atoms with Gasteiger partial charge in [-0.15, -0.1) is 0 Å². The van der Waals surface area contributed by atoms with Crippen molar-refractivity contribution in [3.8, 4) is 0 Å². The van der Waals surface area contributed by atoms with E-state index in [2.05, 4.69) is 19.6 Å². The zero-order chi connectivity index (χ0) is 12.9. The molecule has 1 atom stereocenters. The van der Waals surface area contributed by atoms with Crippen LogP contribution in [0.25, 0.3) is 0 Å². The van der Waals surface area contributed by atoms with E-state index in [0.29, 0.717) is 0 Å². The molecule has 1 unspecified atom stereocenters. The van der Waals surface area contributed by atoms with Crippen LogP contribution in [0, 0.1) is 0 Å². The maximum Gasteiger partial charge on any atom is 0.302 e. The molecule has 0 N–H and O–H groups in total. The first-order valence-electron chi connectivity index (χ1n) is 6.32. The van der Waals surface area contributed by atoms with Crippen molar-refractivity contribution in [2.45, 2.75) is 52.1 Å². The summed E-state index contributed by atoms with van der Waals surface area (Å²) < 4.78 is 5.25. The molecule has 96 valence electrons. The highest BCUT2D eigenvalue weighted by Gasteiger charge is 2.09. The second-order valence-corrected chi connectivity index (χ2v) is 4.00. The van der Waals surface area contributed by atoms with Crippen molar-refractivity contribution in [2.24, 2.45) is 0 Å². The molecule has 0 aliphatic heterocycles. The van der Waals surface area contributed by atoms with Crippen molar-refractivity contribution in [3.63, 3.8) is 0 Å². The Morgan fingerprint density at radius 2 is 2.06 bits per heavy atom. The van der Waals surface area contributed by atoms with Gasteiger partial charge in [-0.05, 0) is 25.7 Å². The molecule has 0 spiro atoms. The minimum absolute atomic E-state index is 0.0922. The SMILES string of the molecule is C=C/C=C\C=CCCCC(CCC)OC(C)=O. The molecule has 0 amide bonds. The highest BCUT2D eigenvalue weighted by Crippen LogP contribution is 2.11. The number of hydrogen-bond acceptors (Lipinski definition) is 2. The average Bonchev–Trinajstić information content (AvgIpc) is 2.27. The standard InChI is InChI=1S/C15H24O2/c1-4-6-7-8-9-10-11-13-15(12-5-2)17-14(3)16/h4,6-9,15H,1,5,10-13H2,2-3H3/b7-6-,9-8?. The number of carbonyl (C=O) groups is 1. The van der Waals surface area contributed by atoms with Crippen molar-refractivity contribution in [3.05, 3.63) is 37.0 Å². The fourth-order valence-corrected chi connectivity index (χ4v) is 1.60. The smallest absolute Gasteiger partial charge is 0.302 e. The molecule has 2 nitrogen and oxygen atoms in total. The van der Waals surface area contributed by atoms with Crippen LogP contribution in [0.2, 0.25) is 0 Å². The summed E-state index contributed by atoms with van der Waals surface area (Å²) in [7, 11) is 0. The van der Waals surface area contributed by atoms with Gasteiger partial charge in [0.25, 0.3) is 0 Å². The number of unbranched alkanes of at least 4 members (excludes halogenated alkanes) is 1. The maximum atomic E-state index is 10.9. The first-order chi connectivity index (χ1) is 8.20. The Hall–Kier alpha value is -1.31. The zero-order valence-corrected chi connectivity index (χ0v) is 11.0. The van der Waals surface area contributed by atoms with Crippen LogP contribution in [0.4, 0.5) is 0 Å². The van der Waals surface area contributed by atoms with Gasteiger partial charge in [-0.3, -0.25) is 4.79 Å². The molecule has 17 heavy (non-hydrogen) atoms. The van der Waals surface area contributed by atoms with Crippen LogP contribution in [0.1, 0.15) is 46.0 Å². The summed E-state index contributed by atoms with van der Waals surface area (Å²) in [6.07, 6.45) is 14.9. The van der Waals surface area contributed by atoms with E-state index in [0.717, 1.165) is 32.1 Å². The fourth-order valence-electron chi connectivity index (χ4n) is 1.60. The van der Waals surface area contributed by atoms with E-state index < -0.39 is 0 Å². The Morgan fingerprint density at radius 1 is 1.29 bits per heavy atom. The number of rotatable bonds is 9. The summed E-state index contributed by atoms with van der Waals surface area (Å²) in [6, 6.07) is 0. The van der Waals surface area contributed by atoms with Gasteiger partial charge in [-0.1, -0.05) is 50.3 Å². The van der Waals surface area contributed by atoms with Gasteiger partial charge in [-0.2, -0.15) is 0 Å². The van der Waals surface area contributed by atoms with E-state index in [4.69, 9.17) is 4.74 Å². The predicted octanol–water partition coefficient (Wildman–Crippen LogP) is 4.19. The number of allylic oxidation sites excluding steroid dienone is 5. The molecule has 0 bridgehead atoms. The molecule has 0 saturated heterocycles. The molecular weight excluding hydrogens is 212 g/mol. The quantitative estimate of drug-likeness (QED) is 0.341. The average molecular weight is 236 g/mol. The minimum atomic E-state index is -0.173. The van der Waals surface area contributed by atoms with Gasteiger partial charge < -0.3 is 4.74 Å². The first kappa shape index (κ1) is 15.7. The summed E-state index contributed by atoms with van der Waals surface area (Å²) in [5.74, 6) is -0.173. The molecule has 0 rings (SSSR count). The van der Waals surface area contributed by atoms with Gasteiger partial charge in [0.1, 0.15) is 6.10 Å². The molecule has 0 heterocycles. The van der Waals surface area contributed by atoms with Crippen LogP contribution in [0.15, 0.2) is 37.0 Å². The molecular formula is C15H24O2. The Bertz CT molecular complexity index is 264. The molecule has 0 fully saturated rings. The van der Waals surface area contributed by atoms with Gasteiger partial charge in [0.2, 0.25) is 0 Å². The number of hydrogen-bond donors (Lipinski definition) is 0. The van der Waals surface area contributed by atoms with Crippen LogP contribution in [0.5, 0.6) is 0 Å². The van der Waals surface area contributed by atoms with Crippen LogP contribution in [-0.2, 0) is 9.53 Å². The molecule has 0 aromatic carbocycles. The third-order valence-corrected chi connectivity index (χ3v) is 2.33. The molecule has 0 saturated carbocycles. The molecule has 0 radical (unpaired) electrons. The highest BCUT2D eigenvalue weighted by atomic mass is 16.5. The van der Waals surface area contributed by atoms with Crippen molar-refractivity contribution in [1.82, 2.24) is 0 Å². The monoisotopic (exact) mass is 236 g/mol. The van der Waals surface area contributed by atoms with Crippen molar-refractivity contribution in [1.29, 1.82) is 0 Å². The topological polar surface area (TPSA) is 26.3 Å². The molecule has 0 aliphatic carbocycles. The lowest BCUT2D eigenvalue weighted by Gasteiger charge is -2.15. The van der Waals surface area contributed by atoms with Crippen LogP contribution >= 0.6 is 0 Å². The highest BCUT2D eigenvalue weighted by molar-refractivity contribution is 5.66. The second kappa shape index (κ2) is 11.2. The van der Waals surface area contributed by atoms with Gasteiger partial charge in [0.05, 0.1) is 0 Å². The first-order valence-corrected chi connectivity index (χ1v) is 6.32. The number of ether oxygens (including phenoxy) is 1. The number of carbonyl (C=O) groups excluding carboxylic acids is 1. The summed E-state index contributed by atoms with van der Waals surface area (Å²) in [6.45, 7) is 7.18. The van der Waals surface area contributed by atoms with Crippen molar-refractivity contribution in [2.75, 3.05) is 0 Å². The Morgan fingerprint density at radius 3 is 2.65 bits per heavy atom. The third kappa shape index (κ3) is 11.0. The van der Waals surface area contributed by atoms with E-state index in [1.165, 1.54) is 6.92 Å². The summed E-state index contributed by atoms with van der Waals surface area (Å²) in [5, 5.41) is 0. The van der Waals surface area contributed by atoms with E-state index in [1.807, 2.05) is 18.2 Å². The second-order valence-electron chi connectivity index (χ2n) is 4.00. The van der Waals surface area contributed by atoms with Gasteiger partial charge in [0.15, 0.2) is 0 Å². The van der Waals surface area contributed by atoms with Crippen LogP contribution in [0.3, 0.4) is 0 Å². The van der Waals surface area contributed by atoms with E-state index >= 15 is 0 Å². The van der Waals surface area contributed by atoms with E-state index in [-0.39, 0.29) is 12.1 Å². The lowest BCUT2D eigenvalue weighted by molar-refractivity contribution is -0.147. The number of esters is 1. The summed E-state index contributed by atoms with van der Waals surface area (Å²) in [5.41, 5.74) is 0. The Labute approximate surface area is 105 Å². The molecule has 0 aromatic rings. The van der Waals surface area contributed by atoms with E-state index in [1.54, 1.807) is 6.08 Å². The van der Waals surface area contributed by atoms with Crippen LogP contribution < -0.4 is 0 Å². The summed E-state index contributed by atoms with van der Waals surface area (Å²) >= 11 is 0. The van der Waals surface area contributed by atoms with Gasteiger partial charge in [0, 0.05) is 6.92 Å². The fraction of sp³-hybridized carbons (Fsp3) is 0.533. The normalized spacial score (nSPS) is 13.1. The zero-order valence-electron chi connectivity index (χ0n) is 11.0. The summed E-state index contributed by atoms with van der Waals surface area (Å²) in [4.78, 5) is 10.9. The molecule has 0 aliphatic rings. The largest absolute Gasteiger partial charge is 0.463 e. The van der Waals surface area contributed by atoms with Gasteiger partial charge in [-0.25, -0.2) is 0 Å². The minimum Gasteiger partial charge on any atom is -0.463 e. The lowest BCUT2D eigenvalue weighted by Crippen LogP contribution is -2.15. The van der Waals surface area contributed by atoms with Crippen molar-refractivity contribution < 1.29 is 9.53 Å². The Kier molecular flexibility index (Phi) is 10.3. The predicted molar refractivity (Wildman–Crippen MR) is 72.8 cm³/mol. The lowest BCUT2D eigenvalue weighted by atomic mass is 10.1. The van der Waals surface area contributed by atoms with Crippen LogP contribution in [-0.4, -0.2) is 12.1 Å². The van der Waals surface area contributed by atoms with E-state index in [9.17, 15) is 4.79 Å². The van der Waals surface area contributed by atoms with Crippen molar-refractivity contribution >= 4 is 5.97 Å².